The van der Waals surface area contributed by atoms with Crippen LogP contribution in [-0.4, -0.2) is 66.7 Å². The summed E-state index contributed by atoms with van der Waals surface area (Å²) < 4.78 is 11.2. The molecule has 8 nitrogen and oxygen atoms in total. The van der Waals surface area contributed by atoms with Crippen LogP contribution >= 0.6 is 0 Å². The van der Waals surface area contributed by atoms with Crippen molar-refractivity contribution in [2.75, 3.05) is 32.9 Å². The van der Waals surface area contributed by atoms with E-state index in [1.807, 2.05) is 18.2 Å². The van der Waals surface area contributed by atoms with E-state index >= 15 is 0 Å². The zero-order chi connectivity index (χ0) is 25.3. The Morgan fingerprint density at radius 1 is 1.14 bits per heavy atom. The Morgan fingerprint density at radius 3 is 2.60 bits per heavy atom. The Bertz CT molecular complexity index is 863. The van der Waals surface area contributed by atoms with Crippen molar-refractivity contribution < 1.29 is 29.0 Å². The molecule has 0 unspecified atom stereocenters. The molecule has 1 spiro atoms. The highest BCUT2D eigenvalue weighted by atomic mass is 16.5. The standard InChI is InChI=1S/C27H40N2O6/c1-20(2)16-22-17-35-23-10-6-5-9-21(23)8-4-3-7-11-27(26(33)28-22)12-14-29(15-13-27)24(30)18-34-19-25(31)32/h5-6,9-10,20,22H,3-4,7-8,11-19H2,1-2H3,(H,28,33)(H,31,32)/t22-/m0/s1. The lowest BCUT2D eigenvalue weighted by atomic mass is 9.73. The normalized spacial score (nSPS) is 21.2. The molecule has 3 rings (SSSR count). The molecule has 1 aromatic carbocycles. The zero-order valence-electron chi connectivity index (χ0n) is 21.1. The summed E-state index contributed by atoms with van der Waals surface area (Å²) in [6.07, 6.45) is 6.81. The first kappa shape index (κ1) is 27.0. The van der Waals surface area contributed by atoms with Gasteiger partial charge in [-0.25, -0.2) is 4.79 Å². The van der Waals surface area contributed by atoms with E-state index < -0.39 is 18.0 Å². The minimum atomic E-state index is -1.10. The summed E-state index contributed by atoms with van der Waals surface area (Å²) >= 11 is 0. The van der Waals surface area contributed by atoms with Crippen LogP contribution in [0.25, 0.3) is 0 Å². The fourth-order valence-corrected chi connectivity index (χ4v) is 5.17. The minimum absolute atomic E-state index is 0.0634. The van der Waals surface area contributed by atoms with Crippen LogP contribution in [0, 0.1) is 11.3 Å². The Hall–Kier alpha value is -2.61. The van der Waals surface area contributed by atoms with Crippen LogP contribution < -0.4 is 10.1 Å². The van der Waals surface area contributed by atoms with Crippen LogP contribution in [0.5, 0.6) is 5.75 Å². The van der Waals surface area contributed by atoms with E-state index in [0.717, 1.165) is 44.3 Å². The first-order valence-electron chi connectivity index (χ1n) is 12.9. The fraction of sp³-hybridized carbons (Fsp3) is 0.667. The molecule has 1 saturated heterocycles. The minimum Gasteiger partial charge on any atom is -0.491 e. The molecule has 2 aliphatic heterocycles. The number of hydrogen-bond acceptors (Lipinski definition) is 5. The lowest BCUT2D eigenvalue weighted by Crippen LogP contribution is -2.53. The molecule has 0 aromatic heterocycles. The van der Waals surface area contributed by atoms with Crippen molar-refractivity contribution in [3.63, 3.8) is 0 Å². The second-order valence-corrected chi connectivity index (χ2v) is 10.3. The fourth-order valence-electron chi connectivity index (χ4n) is 5.17. The average molecular weight is 489 g/mol. The molecule has 194 valence electrons. The third-order valence-corrected chi connectivity index (χ3v) is 7.11. The number of para-hydroxylation sites is 1. The van der Waals surface area contributed by atoms with Gasteiger partial charge in [0.05, 0.1) is 11.5 Å². The number of fused-ring (bicyclic) bond motifs is 1. The molecule has 1 atom stereocenters. The molecular formula is C27H40N2O6. The third kappa shape index (κ3) is 7.95. The van der Waals surface area contributed by atoms with E-state index in [1.165, 1.54) is 5.56 Å². The van der Waals surface area contributed by atoms with Gasteiger partial charge in [-0.1, -0.05) is 44.9 Å². The Labute approximate surface area is 208 Å². The van der Waals surface area contributed by atoms with Gasteiger partial charge >= 0.3 is 5.97 Å². The van der Waals surface area contributed by atoms with Crippen LogP contribution in [-0.2, 0) is 25.5 Å². The number of rotatable bonds is 6. The summed E-state index contributed by atoms with van der Waals surface area (Å²) in [6, 6.07) is 8.09. The number of carboxylic acid groups (broad SMARTS) is 1. The van der Waals surface area contributed by atoms with Crippen molar-refractivity contribution in [2.45, 2.75) is 71.3 Å². The average Bonchev–Trinajstić information content (AvgIpc) is 2.83. The number of aryl methyl sites for hydroxylation is 1. The molecule has 1 fully saturated rings. The number of carbonyl (C=O) groups is 3. The van der Waals surface area contributed by atoms with E-state index in [9.17, 15) is 14.4 Å². The summed E-state index contributed by atoms with van der Waals surface area (Å²) in [7, 11) is 0. The smallest absolute Gasteiger partial charge is 0.329 e. The third-order valence-electron chi connectivity index (χ3n) is 7.11. The van der Waals surface area contributed by atoms with Crippen LogP contribution in [0.1, 0.15) is 64.4 Å². The van der Waals surface area contributed by atoms with Gasteiger partial charge < -0.3 is 24.8 Å². The highest BCUT2D eigenvalue weighted by Gasteiger charge is 2.42. The largest absolute Gasteiger partial charge is 0.491 e. The lowest BCUT2D eigenvalue weighted by Gasteiger charge is -2.41. The predicted molar refractivity (Wildman–Crippen MR) is 132 cm³/mol. The number of carboxylic acids is 1. The van der Waals surface area contributed by atoms with Gasteiger partial charge in [0.15, 0.2) is 0 Å². The number of piperidine rings is 1. The molecule has 0 saturated carbocycles. The van der Waals surface area contributed by atoms with E-state index in [0.29, 0.717) is 38.5 Å². The SMILES string of the molecule is CC(C)C[C@H]1COc2ccccc2CCCCCC2(CCN(C(=O)COCC(=O)O)CC2)C(=O)N1. The van der Waals surface area contributed by atoms with Gasteiger partial charge in [-0.05, 0) is 56.1 Å². The van der Waals surface area contributed by atoms with E-state index in [1.54, 1.807) is 4.90 Å². The highest BCUT2D eigenvalue weighted by Crippen LogP contribution is 2.38. The summed E-state index contributed by atoms with van der Waals surface area (Å²) in [4.78, 5) is 38.5. The van der Waals surface area contributed by atoms with Crippen LogP contribution in [0.15, 0.2) is 24.3 Å². The second kappa shape index (κ2) is 12.9. The van der Waals surface area contributed by atoms with Gasteiger partial charge in [0.1, 0.15) is 25.6 Å². The molecule has 2 heterocycles. The van der Waals surface area contributed by atoms with Gasteiger partial charge in [-0.3, -0.25) is 9.59 Å². The molecule has 0 radical (unpaired) electrons. The first-order chi connectivity index (χ1) is 16.8. The van der Waals surface area contributed by atoms with Crippen LogP contribution in [0.4, 0.5) is 0 Å². The number of hydrogen-bond donors (Lipinski definition) is 2. The molecule has 2 N–H and O–H groups in total. The number of carbonyl (C=O) groups excluding carboxylic acids is 2. The van der Waals surface area contributed by atoms with Crippen molar-refractivity contribution in [1.82, 2.24) is 10.2 Å². The molecule has 8 heteroatoms. The number of nitrogens with zero attached hydrogens (tertiary/aromatic N) is 1. The van der Waals surface area contributed by atoms with Crippen molar-refractivity contribution in [2.24, 2.45) is 11.3 Å². The summed E-state index contributed by atoms with van der Waals surface area (Å²) in [6.45, 7) is 4.93. The van der Waals surface area contributed by atoms with Crippen LogP contribution in [0.3, 0.4) is 0 Å². The van der Waals surface area contributed by atoms with Gasteiger partial charge in [0.2, 0.25) is 11.8 Å². The molecular weight excluding hydrogens is 448 g/mol. The van der Waals surface area contributed by atoms with Crippen molar-refractivity contribution >= 4 is 17.8 Å². The molecule has 1 aromatic rings. The van der Waals surface area contributed by atoms with Gasteiger partial charge in [-0.15, -0.1) is 0 Å². The molecule has 0 bridgehead atoms. The summed E-state index contributed by atoms with van der Waals surface area (Å²) in [5.74, 6) is 0.0556. The topological polar surface area (TPSA) is 105 Å². The van der Waals surface area contributed by atoms with Crippen LogP contribution in [0.2, 0.25) is 0 Å². The van der Waals surface area contributed by atoms with Gasteiger partial charge in [0, 0.05) is 13.1 Å². The van der Waals surface area contributed by atoms with Crippen molar-refractivity contribution in [3.8, 4) is 5.75 Å². The maximum Gasteiger partial charge on any atom is 0.329 e. The zero-order valence-corrected chi connectivity index (χ0v) is 21.1. The Kier molecular flexibility index (Phi) is 9.95. The van der Waals surface area contributed by atoms with E-state index in [-0.39, 0.29) is 24.5 Å². The maximum atomic E-state index is 13.7. The lowest BCUT2D eigenvalue weighted by molar-refractivity contribution is -0.148. The number of amides is 2. The summed E-state index contributed by atoms with van der Waals surface area (Å²) in [5.41, 5.74) is 0.711. The van der Waals surface area contributed by atoms with Crippen molar-refractivity contribution in [1.29, 1.82) is 0 Å². The monoisotopic (exact) mass is 488 g/mol. The summed E-state index contributed by atoms with van der Waals surface area (Å²) in [5, 5.41) is 12.0. The molecule has 35 heavy (non-hydrogen) atoms. The quantitative estimate of drug-likeness (QED) is 0.636. The molecule has 2 amide bonds. The maximum absolute atomic E-state index is 13.7. The highest BCUT2D eigenvalue weighted by molar-refractivity contribution is 5.84. The first-order valence-corrected chi connectivity index (χ1v) is 12.9. The van der Waals surface area contributed by atoms with Gasteiger partial charge in [0.25, 0.3) is 0 Å². The Balaban J connectivity index is 1.69. The van der Waals surface area contributed by atoms with Crippen molar-refractivity contribution in [3.05, 3.63) is 29.8 Å². The molecule has 0 aliphatic carbocycles. The number of nitrogens with one attached hydrogen (secondary N) is 1. The van der Waals surface area contributed by atoms with E-state index in [4.69, 9.17) is 14.6 Å². The molecule has 2 aliphatic rings. The second-order valence-electron chi connectivity index (χ2n) is 10.3. The number of ether oxygens (including phenoxy) is 2. The number of benzene rings is 1. The Morgan fingerprint density at radius 2 is 1.89 bits per heavy atom. The number of aliphatic carboxylic acids is 1. The van der Waals surface area contributed by atoms with Gasteiger partial charge in [-0.2, -0.15) is 0 Å². The number of likely N-dealkylation sites (tertiary alicyclic amines) is 1. The predicted octanol–water partition coefficient (Wildman–Crippen LogP) is 3.42. The van der Waals surface area contributed by atoms with E-state index in [2.05, 4.69) is 25.2 Å².